The molecule has 5 rings (SSSR count). The highest BCUT2D eigenvalue weighted by molar-refractivity contribution is 5.91. The van der Waals surface area contributed by atoms with Crippen molar-refractivity contribution < 1.29 is 0 Å². The summed E-state index contributed by atoms with van der Waals surface area (Å²) in [6, 6.07) is 43.2. The van der Waals surface area contributed by atoms with Crippen molar-refractivity contribution >= 4 is 38.6 Å². The highest BCUT2D eigenvalue weighted by Crippen LogP contribution is 2.37. The minimum Gasteiger partial charge on any atom is -0.310 e. The molecule has 0 aliphatic heterocycles. The maximum atomic E-state index is 2.32. The lowest BCUT2D eigenvalue weighted by Gasteiger charge is -2.26. The molecule has 0 unspecified atom stereocenters. The SMILES string of the molecule is Cc1c2cccc1ccc1cc(ccc1N(c1ccccc1)c1ccccc1)cc2. The van der Waals surface area contributed by atoms with Crippen molar-refractivity contribution in [2.75, 3.05) is 4.90 Å². The number of nitrogens with zero attached hydrogens (tertiary/aromatic N) is 1. The van der Waals surface area contributed by atoms with E-state index >= 15 is 0 Å². The highest BCUT2D eigenvalue weighted by atomic mass is 15.1. The summed E-state index contributed by atoms with van der Waals surface area (Å²) in [5.74, 6) is 0. The Morgan fingerprint density at radius 1 is 0.467 bits per heavy atom. The summed E-state index contributed by atoms with van der Waals surface area (Å²) in [5, 5.41) is 4.91. The molecule has 0 radical (unpaired) electrons. The minimum atomic E-state index is 1.15. The second kappa shape index (κ2) is 7.88. The summed E-state index contributed by atoms with van der Waals surface area (Å²) in [7, 11) is 0. The number of aryl methyl sites for hydroxylation is 1. The van der Waals surface area contributed by atoms with E-state index in [1.807, 2.05) is 0 Å². The number of para-hydroxylation sites is 2. The van der Waals surface area contributed by atoms with Gasteiger partial charge in [-0.2, -0.15) is 0 Å². The van der Waals surface area contributed by atoms with Gasteiger partial charge in [-0.25, -0.2) is 0 Å². The van der Waals surface area contributed by atoms with E-state index < -0.39 is 0 Å². The van der Waals surface area contributed by atoms with Crippen LogP contribution in [-0.4, -0.2) is 0 Å². The number of hydrogen-bond acceptors (Lipinski definition) is 1. The van der Waals surface area contributed by atoms with Crippen molar-refractivity contribution in [2.45, 2.75) is 6.92 Å². The largest absolute Gasteiger partial charge is 0.310 e. The molecule has 0 amide bonds. The second-order valence-corrected chi connectivity index (χ2v) is 7.55. The number of anilines is 3. The normalized spacial score (nSPS) is 10.8. The Hall–Kier alpha value is -3.84. The Bertz CT molecular complexity index is 1300. The summed E-state index contributed by atoms with van der Waals surface area (Å²) >= 11 is 0. The predicted molar refractivity (Wildman–Crippen MR) is 130 cm³/mol. The first-order valence-electron chi connectivity index (χ1n) is 10.3. The van der Waals surface area contributed by atoms with E-state index in [-0.39, 0.29) is 0 Å². The molecule has 4 bridgehead atoms. The molecule has 30 heavy (non-hydrogen) atoms. The average molecular weight is 386 g/mol. The lowest BCUT2D eigenvalue weighted by molar-refractivity contribution is 1.30. The second-order valence-electron chi connectivity index (χ2n) is 7.55. The van der Waals surface area contributed by atoms with Crippen LogP contribution in [0.15, 0.2) is 121 Å². The van der Waals surface area contributed by atoms with Crippen LogP contribution >= 0.6 is 0 Å². The summed E-state index contributed by atoms with van der Waals surface area (Å²) < 4.78 is 0. The maximum Gasteiger partial charge on any atom is 0.0534 e. The summed E-state index contributed by atoms with van der Waals surface area (Å²) in [6.07, 6.45) is 0. The molecule has 0 N–H and O–H groups in total. The van der Waals surface area contributed by atoms with Gasteiger partial charge in [0.2, 0.25) is 0 Å². The fourth-order valence-electron chi connectivity index (χ4n) is 3.99. The minimum absolute atomic E-state index is 1.15. The lowest BCUT2D eigenvalue weighted by atomic mass is 10.0. The van der Waals surface area contributed by atoms with Gasteiger partial charge in [0.15, 0.2) is 0 Å². The van der Waals surface area contributed by atoms with Crippen LogP contribution in [0.1, 0.15) is 5.56 Å². The van der Waals surface area contributed by atoms with Crippen LogP contribution < -0.4 is 4.90 Å². The van der Waals surface area contributed by atoms with Crippen LogP contribution in [0.5, 0.6) is 0 Å². The molecule has 0 saturated heterocycles. The van der Waals surface area contributed by atoms with Crippen LogP contribution in [-0.2, 0) is 0 Å². The summed E-state index contributed by atoms with van der Waals surface area (Å²) in [6.45, 7) is 2.19. The van der Waals surface area contributed by atoms with Gasteiger partial charge in [0, 0.05) is 11.4 Å². The third-order valence-electron chi connectivity index (χ3n) is 5.64. The van der Waals surface area contributed by atoms with Crippen LogP contribution in [0, 0.1) is 6.92 Å². The smallest absolute Gasteiger partial charge is 0.0534 e. The van der Waals surface area contributed by atoms with Gasteiger partial charge >= 0.3 is 0 Å². The summed E-state index contributed by atoms with van der Waals surface area (Å²) in [4.78, 5) is 2.32. The van der Waals surface area contributed by atoms with Crippen molar-refractivity contribution in [1.29, 1.82) is 0 Å². The number of rotatable bonds is 3. The quantitative estimate of drug-likeness (QED) is 0.302. The Morgan fingerprint density at radius 3 is 1.63 bits per heavy atom. The molecule has 0 aromatic heterocycles. The first-order valence-corrected chi connectivity index (χ1v) is 10.3. The molecular formula is C29H23N. The monoisotopic (exact) mass is 385 g/mol. The van der Waals surface area contributed by atoms with E-state index in [1.54, 1.807) is 0 Å². The predicted octanol–water partition coefficient (Wildman–Crippen LogP) is 8.33. The fourth-order valence-corrected chi connectivity index (χ4v) is 3.99. The van der Waals surface area contributed by atoms with Crippen LogP contribution in [0.2, 0.25) is 0 Å². The highest BCUT2D eigenvalue weighted by Gasteiger charge is 2.13. The standard InChI is InChI=1S/C29H23N/c1-22-24-9-8-10-25(22)18-19-26-21-23(15-17-24)16-20-29(26)30(27-11-4-2-5-12-27)28-13-6-3-7-14-28/h2-21H,1H3. The zero-order valence-electron chi connectivity index (χ0n) is 17.0. The topological polar surface area (TPSA) is 3.24 Å². The van der Waals surface area contributed by atoms with Gasteiger partial charge in [-0.3, -0.25) is 0 Å². The van der Waals surface area contributed by atoms with Crippen molar-refractivity contribution in [3.05, 3.63) is 127 Å². The van der Waals surface area contributed by atoms with E-state index in [4.69, 9.17) is 0 Å². The van der Waals surface area contributed by atoms with Gasteiger partial charge < -0.3 is 4.90 Å². The zero-order chi connectivity index (χ0) is 20.3. The van der Waals surface area contributed by atoms with E-state index in [0.717, 1.165) is 17.1 Å². The van der Waals surface area contributed by atoms with Gasteiger partial charge in [-0.05, 0) is 70.4 Å². The third kappa shape index (κ3) is 3.46. The zero-order valence-corrected chi connectivity index (χ0v) is 17.0. The van der Waals surface area contributed by atoms with Crippen LogP contribution in [0.25, 0.3) is 21.5 Å². The molecule has 1 heteroatoms. The molecule has 0 atom stereocenters. The maximum absolute atomic E-state index is 2.32. The van der Waals surface area contributed by atoms with Gasteiger partial charge in [-0.15, -0.1) is 0 Å². The average Bonchev–Trinajstić information content (AvgIpc) is 2.79. The molecule has 0 aliphatic rings. The van der Waals surface area contributed by atoms with Crippen molar-refractivity contribution in [2.24, 2.45) is 0 Å². The first kappa shape index (κ1) is 18.2. The third-order valence-corrected chi connectivity index (χ3v) is 5.64. The van der Waals surface area contributed by atoms with E-state index in [9.17, 15) is 0 Å². The van der Waals surface area contributed by atoms with E-state index in [2.05, 4.69) is 133 Å². The van der Waals surface area contributed by atoms with Crippen LogP contribution in [0.4, 0.5) is 17.1 Å². The molecule has 5 aromatic rings. The van der Waals surface area contributed by atoms with Crippen molar-refractivity contribution in [3.63, 3.8) is 0 Å². The van der Waals surface area contributed by atoms with Crippen molar-refractivity contribution in [3.8, 4) is 0 Å². The fraction of sp³-hybridized carbons (Fsp3) is 0.0345. The van der Waals surface area contributed by atoms with Crippen LogP contribution in [0.3, 0.4) is 0 Å². The van der Waals surface area contributed by atoms with Gasteiger partial charge in [0.05, 0.1) is 5.69 Å². The summed E-state index contributed by atoms with van der Waals surface area (Å²) in [5.41, 5.74) is 4.76. The Morgan fingerprint density at radius 2 is 1.00 bits per heavy atom. The molecule has 144 valence electrons. The molecule has 0 heterocycles. The molecule has 0 aliphatic carbocycles. The molecule has 5 aromatic carbocycles. The van der Waals surface area contributed by atoms with Gasteiger partial charge in [0.25, 0.3) is 0 Å². The Balaban J connectivity index is 1.80. The van der Waals surface area contributed by atoms with E-state index in [1.165, 1.54) is 27.1 Å². The van der Waals surface area contributed by atoms with Crippen molar-refractivity contribution in [1.82, 2.24) is 0 Å². The molecule has 1 nitrogen and oxygen atoms in total. The lowest BCUT2D eigenvalue weighted by Crippen LogP contribution is -2.09. The molecule has 0 spiro atoms. The molecule has 0 fully saturated rings. The van der Waals surface area contributed by atoms with E-state index in [0.29, 0.717) is 0 Å². The Kier molecular flexibility index (Phi) is 4.78. The number of benzene rings is 4. The number of hydrogen-bond donors (Lipinski definition) is 0. The molecular weight excluding hydrogens is 362 g/mol. The van der Waals surface area contributed by atoms with Gasteiger partial charge in [0.1, 0.15) is 0 Å². The Labute approximate surface area is 177 Å². The van der Waals surface area contributed by atoms with Gasteiger partial charge in [-0.1, -0.05) is 84.9 Å². The molecule has 0 saturated carbocycles. The first-order chi connectivity index (χ1) is 14.8. The number of fused-ring (bicyclic) bond motifs is 4.